The highest BCUT2D eigenvalue weighted by Gasteiger charge is 2.33. The van der Waals surface area contributed by atoms with Gasteiger partial charge in [0.2, 0.25) is 0 Å². The van der Waals surface area contributed by atoms with Crippen molar-refractivity contribution >= 4 is 17.3 Å². The maximum absolute atomic E-state index is 13.3. The average molecular weight is 488 g/mol. The van der Waals surface area contributed by atoms with Crippen LogP contribution in [-0.2, 0) is 12.7 Å². The number of hydrogen-bond acceptors (Lipinski definition) is 5. The van der Waals surface area contributed by atoms with Crippen molar-refractivity contribution in [2.75, 3.05) is 5.32 Å². The molecule has 4 rings (SSSR count). The van der Waals surface area contributed by atoms with Gasteiger partial charge in [-0.3, -0.25) is 10.1 Å². The Labute approximate surface area is 199 Å². The van der Waals surface area contributed by atoms with E-state index < -0.39 is 11.9 Å². The second-order valence-corrected chi connectivity index (χ2v) is 8.24. The van der Waals surface area contributed by atoms with Crippen molar-refractivity contribution in [3.8, 4) is 28.3 Å². The van der Waals surface area contributed by atoms with Gasteiger partial charge < -0.3 is 10.1 Å². The van der Waals surface area contributed by atoms with Crippen molar-refractivity contribution in [2.24, 2.45) is 0 Å². The molecule has 2 N–H and O–H groups in total. The standard InChI is InChI=1S/C24H21ClF3N5O/c1-14(2)34-22-6-4-16(7-19(22)25)20-5-3-15(11-30-20)10-29-18-8-21(17-12-31-32-13-17)33-23(9-18)24(26,27)28/h3-9,11-14H,10H2,1-2H3,(H,29,33)(H,31,32). The van der Waals surface area contributed by atoms with Crippen LogP contribution in [0.3, 0.4) is 0 Å². The van der Waals surface area contributed by atoms with E-state index >= 15 is 0 Å². The molecule has 0 saturated carbocycles. The normalized spacial score (nSPS) is 11.6. The van der Waals surface area contributed by atoms with Crippen molar-refractivity contribution in [3.05, 3.63) is 77.3 Å². The molecule has 34 heavy (non-hydrogen) atoms. The fraction of sp³-hybridized carbons (Fsp3) is 0.208. The largest absolute Gasteiger partial charge is 0.489 e. The number of pyridine rings is 2. The summed E-state index contributed by atoms with van der Waals surface area (Å²) in [5.74, 6) is 0.603. The van der Waals surface area contributed by atoms with E-state index in [1.54, 1.807) is 24.4 Å². The number of hydrogen-bond donors (Lipinski definition) is 2. The van der Waals surface area contributed by atoms with Crippen LogP contribution in [0.25, 0.3) is 22.5 Å². The topological polar surface area (TPSA) is 75.7 Å². The maximum atomic E-state index is 13.3. The molecule has 0 aliphatic rings. The van der Waals surface area contributed by atoms with Gasteiger partial charge in [-0.1, -0.05) is 17.7 Å². The Balaban J connectivity index is 1.49. The predicted molar refractivity (Wildman–Crippen MR) is 125 cm³/mol. The Morgan fingerprint density at radius 2 is 1.85 bits per heavy atom. The van der Waals surface area contributed by atoms with Crippen molar-refractivity contribution in [3.63, 3.8) is 0 Å². The van der Waals surface area contributed by atoms with Gasteiger partial charge in [0.1, 0.15) is 11.4 Å². The van der Waals surface area contributed by atoms with Crippen molar-refractivity contribution < 1.29 is 17.9 Å². The third-order valence-electron chi connectivity index (χ3n) is 4.82. The van der Waals surface area contributed by atoms with Gasteiger partial charge in [-0.05, 0) is 55.8 Å². The fourth-order valence-corrected chi connectivity index (χ4v) is 3.46. The molecule has 0 spiro atoms. The summed E-state index contributed by atoms with van der Waals surface area (Å²) in [6.07, 6.45) is 0.0101. The Morgan fingerprint density at radius 1 is 1.03 bits per heavy atom. The zero-order valence-electron chi connectivity index (χ0n) is 18.3. The Hall–Kier alpha value is -3.59. The summed E-state index contributed by atoms with van der Waals surface area (Å²) >= 11 is 6.31. The molecule has 0 bridgehead atoms. The maximum Gasteiger partial charge on any atom is 0.433 e. The SMILES string of the molecule is CC(C)Oc1ccc(-c2ccc(CNc3cc(-c4cn[nH]c4)nc(C(F)(F)F)c3)cn2)cc1Cl. The summed E-state index contributed by atoms with van der Waals surface area (Å²) in [4.78, 5) is 8.18. The summed E-state index contributed by atoms with van der Waals surface area (Å²) in [7, 11) is 0. The first-order chi connectivity index (χ1) is 16.2. The van der Waals surface area contributed by atoms with Crippen LogP contribution in [0, 0.1) is 0 Å². The lowest BCUT2D eigenvalue weighted by Gasteiger charge is -2.13. The number of aromatic amines is 1. The number of nitrogens with one attached hydrogen (secondary N) is 2. The molecule has 176 valence electrons. The molecule has 0 fully saturated rings. The number of benzene rings is 1. The minimum absolute atomic E-state index is 0.0108. The molecule has 3 heterocycles. The van der Waals surface area contributed by atoms with Gasteiger partial charge >= 0.3 is 6.18 Å². The molecule has 6 nitrogen and oxygen atoms in total. The van der Waals surface area contributed by atoms with Crippen LogP contribution < -0.4 is 10.1 Å². The number of halogens is 4. The molecular weight excluding hydrogens is 467 g/mol. The highest BCUT2D eigenvalue weighted by molar-refractivity contribution is 6.32. The van der Waals surface area contributed by atoms with E-state index in [4.69, 9.17) is 16.3 Å². The lowest BCUT2D eigenvalue weighted by molar-refractivity contribution is -0.141. The van der Waals surface area contributed by atoms with Crippen LogP contribution >= 0.6 is 11.6 Å². The molecule has 0 saturated heterocycles. The minimum atomic E-state index is -4.57. The van der Waals surface area contributed by atoms with Gasteiger partial charge in [-0.2, -0.15) is 18.3 Å². The first-order valence-corrected chi connectivity index (χ1v) is 10.8. The van der Waals surface area contributed by atoms with E-state index in [1.807, 2.05) is 32.0 Å². The smallest absolute Gasteiger partial charge is 0.433 e. The predicted octanol–water partition coefficient (Wildman–Crippen LogP) is 6.61. The van der Waals surface area contributed by atoms with Crippen molar-refractivity contribution in [1.82, 2.24) is 20.2 Å². The molecule has 4 aromatic rings. The molecule has 0 radical (unpaired) electrons. The van der Waals surface area contributed by atoms with Crippen molar-refractivity contribution in [1.29, 1.82) is 0 Å². The number of H-pyrrole nitrogens is 1. The Morgan fingerprint density at radius 3 is 2.47 bits per heavy atom. The quantitative estimate of drug-likeness (QED) is 0.307. The molecule has 0 unspecified atom stereocenters. The summed E-state index contributed by atoms with van der Waals surface area (Å²) in [5, 5.41) is 9.87. The van der Waals surface area contributed by atoms with Crippen LogP contribution in [0.15, 0.2) is 61.1 Å². The van der Waals surface area contributed by atoms with Crippen LogP contribution in [0.1, 0.15) is 25.1 Å². The highest BCUT2D eigenvalue weighted by atomic mass is 35.5. The van der Waals surface area contributed by atoms with Crippen LogP contribution in [0.5, 0.6) is 5.75 Å². The number of anilines is 1. The van der Waals surface area contributed by atoms with Crippen LogP contribution in [-0.4, -0.2) is 26.3 Å². The molecule has 0 aliphatic carbocycles. The lowest BCUT2D eigenvalue weighted by Crippen LogP contribution is -2.10. The number of ether oxygens (including phenoxy) is 1. The Kier molecular flexibility index (Phi) is 6.74. The molecule has 1 aromatic carbocycles. The van der Waals surface area contributed by atoms with Crippen LogP contribution in [0.2, 0.25) is 5.02 Å². The van der Waals surface area contributed by atoms with Crippen molar-refractivity contribution in [2.45, 2.75) is 32.7 Å². The fourth-order valence-electron chi connectivity index (χ4n) is 3.23. The van der Waals surface area contributed by atoms with E-state index in [0.717, 1.165) is 17.2 Å². The highest BCUT2D eigenvalue weighted by Crippen LogP contribution is 2.33. The van der Waals surface area contributed by atoms with E-state index in [1.165, 1.54) is 12.4 Å². The molecule has 0 atom stereocenters. The number of nitrogens with zero attached hydrogens (tertiary/aromatic N) is 3. The van der Waals surface area contributed by atoms with E-state index in [-0.39, 0.29) is 24.0 Å². The summed E-state index contributed by atoms with van der Waals surface area (Å²) in [5.41, 5.74) is 2.27. The summed E-state index contributed by atoms with van der Waals surface area (Å²) < 4.78 is 45.6. The molecule has 0 aliphatic heterocycles. The second-order valence-electron chi connectivity index (χ2n) is 7.83. The lowest BCUT2D eigenvalue weighted by atomic mass is 10.1. The van der Waals surface area contributed by atoms with Gasteiger partial charge in [-0.25, -0.2) is 4.98 Å². The van der Waals surface area contributed by atoms with E-state index in [0.29, 0.717) is 22.0 Å². The third-order valence-corrected chi connectivity index (χ3v) is 5.12. The summed E-state index contributed by atoms with van der Waals surface area (Å²) in [6.45, 7) is 4.13. The first-order valence-electron chi connectivity index (χ1n) is 10.4. The average Bonchev–Trinajstić information content (AvgIpc) is 3.33. The zero-order valence-corrected chi connectivity index (χ0v) is 19.1. The number of rotatable bonds is 7. The number of aromatic nitrogens is 4. The number of alkyl halides is 3. The van der Waals surface area contributed by atoms with Gasteiger partial charge in [0, 0.05) is 35.8 Å². The summed E-state index contributed by atoms with van der Waals surface area (Å²) in [6, 6.07) is 11.7. The third kappa shape index (κ3) is 5.66. The zero-order chi connectivity index (χ0) is 24.3. The van der Waals surface area contributed by atoms with Crippen LogP contribution in [0.4, 0.5) is 18.9 Å². The van der Waals surface area contributed by atoms with E-state index in [9.17, 15) is 13.2 Å². The molecule has 3 aromatic heterocycles. The van der Waals surface area contributed by atoms with Gasteiger partial charge in [-0.15, -0.1) is 0 Å². The minimum Gasteiger partial charge on any atom is -0.489 e. The molecule has 10 heteroatoms. The monoisotopic (exact) mass is 487 g/mol. The van der Waals surface area contributed by atoms with Gasteiger partial charge in [0.25, 0.3) is 0 Å². The molecule has 0 amide bonds. The molecular formula is C24H21ClF3N5O. The van der Waals surface area contributed by atoms with Gasteiger partial charge in [0.15, 0.2) is 0 Å². The van der Waals surface area contributed by atoms with E-state index in [2.05, 4.69) is 25.5 Å². The second kappa shape index (κ2) is 9.72. The van der Waals surface area contributed by atoms with Gasteiger partial charge in [0.05, 0.1) is 28.7 Å². The first kappa shape index (κ1) is 23.6. The Bertz CT molecular complexity index is 1260.